The number of fused-ring (bicyclic) bond motifs is 1. The third-order valence-electron chi connectivity index (χ3n) is 5.52. The van der Waals surface area contributed by atoms with E-state index in [2.05, 4.69) is 17.0 Å². The lowest BCUT2D eigenvalue weighted by molar-refractivity contribution is 0.00457. The SMILES string of the molecule is O=C1c2c(cccc2OC[C@H](O)CN2CCOCC2)C[C@@H]1Cc1ccccc1. The standard InChI is InChI=1S/C23H27NO4/c25-20(15-24-9-11-27-12-10-24)16-28-21-8-4-7-18-14-19(23(26)22(18)21)13-17-5-2-1-3-6-17/h1-8,19-20,25H,9-16H2/t19-,20+/m0/s1. The van der Waals surface area contributed by atoms with Crippen molar-refractivity contribution in [1.82, 2.24) is 4.90 Å². The van der Waals surface area contributed by atoms with Crippen LogP contribution in [0, 0.1) is 5.92 Å². The first kappa shape index (κ1) is 19.1. The number of benzene rings is 2. The Morgan fingerprint density at radius 1 is 1.11 bits per heavy atom. The largest absolute Gasteiger partial charge is 0.490 e. The number of nitrogens with zero attached hydrogens (tertiary/aromatic N) is 1. The van der Waals surface area contributed by atoms with Crippen LogP contribution in [-0.4, -0.2) is 61.3 Å². The minimum atomic E-state index is -0.592. The number of carbonyl (C=O) groups excluding carboxylic acids is 1. The van der Waals surface area contributed by atoms with Gasteiger partial charge in [0.25, 0.3) is 0 Å². The summed E-state index contributed by atoms with van der Waals surface area (Å²) in [6, 6.07) is 15.9. The Balaban J connectivity index is 1.38. The van der Waals surface area contributed by atoms with Crippen LogP contribution in [0.3, 0.4) is 0 Å². The van der Waals surface area contributed by atoms with Crippen LogP contribution in [-0.2, 0) is 17.6 Å². The first-order chi connectivity index (χ1) is 13.7. The molecular formula is C23H27NO4. The van der Waals surface area contributed by atoms with E-state index in [0.29, 0.717) is 31.1 Å². The molecule has 2 aromatic carbocycles. The molecule has 1 heterocycles. The Labute approximate surface area is 165 Å². The number of aliphatic hydroxyl groups excluding tert-OH is 1. The molecule has 2 aromatic rings. The van der Waals surface area contributed by atoms with Gasteiger partial charge in [-0.05, 0) is 30.0 Å². The van der Waals surface area contributed by atoms with Gasteiger partial charge >= 0.3 is 0 Å². The van der Waals surface area contributed by atoms with Gasteiger partial charge in [0.1, 0.15) is 18.5 Å². The monoisotopic (exact) mass is 381 g/mol. The number of Topliss-reactive ketones (excluding diaryl/α,β-unsaturated/α-hetero) is 1. The van der Waals surface area contributed by atoms with Crippen molar-refractivity contribution in [2.75, 3.05) is 39.5 Å². The van der Waals surface area contributed by atoms with Crippen molar-refractivity contribution in [3.8, 4) is 5.75 Å². The predicted molar refractivity (Wildman–Crippen MR) is 107 cm³/mol. The highest BCUT2D eigenvalue weighted by atomic mass is 16.5. The fraction of sp³-hybridized carbons (Fsp3) is 0.435. The zero-order valence-electron chi connectivity index (χ0n) is 16.0. The van der Waals surface area contributed by atoms with Crippen LogP contribution in [0.4, 0.5) is 0 Å². The minimum Gasteiger partial charge on any atom is -0.490 e. The summed E-state index contributed by atoms with van der Waals surface area (Å²) in [7, 11) is 0. The number of rotatable bonds is 7. The van der Waals surface area contributed by atoms with Crippen molar-refractivity contribution in [2.24, 2.45) is 5.92 Å². The second-order valence-corrected chi connectivity index (χ2v) is 7.62. The topological polar surface area (TPSA) is 59.0 Å². The number of hydrogen-bond acceptors (Lipinski definition) is 5. The maximum absolute atomic E-state index is 13.0. The zero-order chi connectivity index (χ0) is 19.3. The number of aliphatic hydroxyl groups is 1. The molecule has 2 atom stereocenters. The van der Waals surface area contributed by atoms with E-state index in [9.17, 15) is 9.90 Å². The molecule has 148 valence electrons. The molecule has 5 nitrogen and oxygen atoms in total. The average molecular weight is 381 g/mol. The molecule has 5 heteroatoms. The molecule has 0 radical (unpaired) electrons. The van der Waals surface area contributed by atoms with Gasteiger partial charge in [-0.15, -0.1) is 0 Å². The van der Waals surface area contributed by atoms with Crippen LogP contribution in [0.2, 0.25) is 0 Å². The fourth-order valence-corrected chi connectivity index (χ4v) is 4.09. The molecule has 0 aromatic heterocycles. The highest BCUT2D eigenvalue weighted by Crippen LogP contribution is 2.35. The van der Waals surface area contributed by atoms with Crippen LogP contribution in [0.1, 0.15) is 21.5 Å². The zero-order valence-corrected chi connectivity index (χ0v) is 16.0. The molecule has 1 N–H and O–H groups in total. The van der Waals surface area contributed by atoms with Crippen LogP contribution in [0.5, 0.6) is 5.75 Å². The van der Waals surface area contributed by atoms with Gasteiger partial charge in [-0.25, -0.2) is 0 Å². The van der Waals surface area contributed by atoms with Gasteiger partial charge in [0, 0.05) is 25.6 Å². The van der Waals surface area contributed by atoms with Gasteiger partial charge in [-0.2, -0.15) is 0 Å². The highest BCUT2D eigenvalue weighted by Gasteiger charge is 2.33. The number of carbonyl (C=O) groups is 1. The Kier molecular flexibility index (Phi) is 6.05. The summed E-state index contributed by atoms with van der Waals surface area (Å²) < 4.78 is 11.2. The number of ketones is 1. The Morgan fingerprint density at radius 3 is 2.68 bits per heavy atom. The van der Waals surface area contributed by atoms with E-state index < -0.39 is 6.10 Å². The van der Waals surface area contributed by atoms with Crippen molar-refractivity contribution in [2.45, 2.75) is 18.9 Å². The average Bonchev–Trinajstić information content (AvgIpc) is 3.04. The van der Waals surface area contributed by atoms with Crippen LogP contribution >= 0.6 is 0 Å². The summed E-state index contributed by atoms with van der Waals surface area (Å²) in [5.41, 5.74) is 2.92. The van der Waals surface area contributed by atoms with Gasteiger partial charge < -0.3 is 14.6 Å². The quantitative estimate of drug-likeness (QED) is 0.798. The molecule has 0 spiro atoms. The van der Waals surface area contributed by atoms with Gasteiger partial charge in [-0.1, -0.05) is 42.5 Å². The summed E-state index contributed by atoms with van der Waals surface area (Å²) in [4.78, 5) is 15.2. The third-order valence-corrected chi connectivity index (χ3v) is 5.52. The molecule has 1 fully saturated rings. The number of ether oxygens (including phenoxy) is 2. The summed E-state index contributed by atoms with van der Waals surface area (Å²) >= 11 is 0. The van der Waals surface area contributed by atoms with Crippen LogP contribution in [0.25, 0.3) is 0 Å². The number of β-amino-alcohol motifs (C(OH)–C–C–N with tert-alkyl or cyclic N) is 1. The lowest BCUT2D eigenvalue weighted by atomic mass is 9.96. The van der Waals surface area contributed by atoms with Crippen molar-refractivity contribution in [3.63, 3.8) is 0 Å². The molecule has 0 amide bonds. The molecule has 2 aliphatic rings. The molecule has 4 rings (SSSR count). The molecule has 1 saturated heterocycles. The summed E-state index contributed by atoms with van der Waals surface area (Å²) in [6.45, 7) is 3.82. The number of hydrogen-bond donors (Lipinski definition) is 1. The number of morpholine rings is 1. The Hall–Kier alpha value is -2.21. The maximum atomic E-state index is 13.0. The maximum Gasteiger partial charge on any atom is 0.170 e. The fourth-order valence-electron chi connectivity index (χ4n) is 4.09. The van der Waals surface area contributed by atoms with Crippen molar-refractivity contribution in [3.05, 3.63) is 65.2 Å². The first-order valence-electron chi connectivity index (χ1n) is 10.0. The van der Waals surface area contributed by atoms with Gasteiger partial charge in [0.2, 0.25) is 0 Å². The molecule has 0 saturated carbocycles. The van der Waals surface area contributed by atoms with E-state index in [4.69, 9.17) is 9.47 Å². The minimum absolute atomic E-state index is 0.0413. The first-order valence-corrected chi connectivity index (χ1v) is 10.0. The van der Waals surface area contributed by atoms with Crippen LogP contribution in [0.15, 0.2) is 48.5 Å². The van der Waals surface area contributed by atoms with E-state index in [1.807, 2.05) is 36.4 Å². The highest BCUT2D eigenvalue weighted by molar-refractivity contribution is 6.04. The molecular weight excluding hydrogens is 354 g/mol. The van der Waals surface area contributed by atoms with E-state index >= 15 is 0 Å². The smallest absolute Gasteiger partial charge is 0.170 e. The van der Waals surface area contributed by atoms with Crippen molar-refractivity contribution >= 4 is 5.78 Å². The van der Waals surface area contributed by atoms with Gasteiger partial charge in [0.15, 0.2) is 5.78 Å². The lowest BCUT2D eigenvalue weighted by Crippen LogP contribution is -2.42. The van der Waals surface area contributed by atoms with Crippen LogP contribution < -0.4 is 4.74 Å². The summed E-state index contributed by atoms with van der Waals surface area (Å²) in [5, 5.41) is 10.3. The predicted octanol–water partition coefficient (Wildman–Crippen LogP) is 2.36. The lowest BCUT2D eigenvalue weighted by Gasteiger charge is -2.28. The van der Waals surface area contributed by atoms with Gasteiger partial charge in [-0.3, -0.25) is 9.69 Å². The summed E-state index contributed by atoms with van der Waals surface area (Å²) in [6.07, 6.45) is 0.898. The second-order valence-electron chi connectivity index (χ2n) is 7.62. The summed E-state index contributed by atoms with van der Waals surface area (Å²) in [5.74, 6) is 0.705. The molecule has 28 heavy (non-hydrogen) atoms. The second kappa shape index (κ2) is 8.86. The Bertz CT molecular complexity index is 802. The molecule has 1 aliphatic heterocycles. The van der Waals surface area contributed by atoms with E-state index in [1.54, 1.807) is 0 Å². The third kappa shape index (κ3) is 4.43. The molecule has 0 unspecified atom stereocenters. The van der Waals surface area contributed by atoms with Crippen molar-refractivity contribution in [1.29, 1.82) is 0 Å². The Morgan fingerprint density at radius 2 is 1.89 bits per heavy atom. The van der Waals surface area contributed by atoms with E-state index in [1.165, 1.54) is 5.56 Å². The molecule has 1 aliphatic carbocycles. The normalized spacial score (nSPS) is 20.8. The molecule has 0 bridgehead atoms. The van der Waals surface area contributed by atoms with E-state index in [0.717, 1.165) is 31.5 Å². The van der Waals surface area contributed by atoms with Crippen molar-refractivity contribution < 1.29 is 19.4 Å². The van der Waals surface area contributed by atoms with Gasteiger partial charge in [0.05, 0.1) is 18.8 Å². The van der Waals surface area contributed by atoms with E-state index in [-0.39, 0.29) is 18.3 Å².